The molecule has 0 unspecified atom stereocenters. The Morgan fingerprint density at radius 1 is 1.19 bits per heavy atom. The number of hydrogen-bond acceptors (Lipinski definition) is 4. The first-order chi connectivity index (χ1) is 12.9. The number of nitrogens with one attached hydrogen (secondary N) is 1. The molecule has 0 aliphatic heterocycles. The normalized spacial score (nSPS) is 13.9. The fourth-order valence-corrected chi connectivity index (χ4v) is 4.12. The summed E-state index contributed by atoms with van der Waals surface area (Å²) in [6.07, 6.45) is 1.91. The minimum Gasteiger partial charge on any atom is -0.484 e. The van der Waals surface area contributed by atoms with E-state index in [1.54, 1.807) is 11.3 Å². The summed E-state index contributed by atoms with van der Waals surface area (Å²) < 4.78 is 41.0. The average Bonchev–Trinajstić information content (AvgIpc) is 3.06. The number of alkyl halides is 3. The molecule has 0 atom stereocenters. The van der Waals surface area contributed by atoms with Crippen molar-refractivity contribution in [3.8, 4) is 5.75 Å². The first-order valence-electron chi connectivity index (χ1n) is 8.96. The van der Waals surface area contributed by atoms with E-state index < -0.39 is 12.8 Å². The molecule has 1 aliphatic rings. The SMILES string of the molecule is O=C(NCCCc1nc2c(s1)CCCC2)c1ccc(OCC(F)(F)F)cc1. The molecule has 0 saturated heterocycles. The Hall–Kier alpha value is -2.09. The third kappa shape index (κ3) is 5.95. The lowest BCUT2D eigenvalue weighted by atomic mass is 10.0. The van der Waals surface area contributed by atoms with E-state index >= 15 is 0 Å². The van der Waals surface area contributed by atoms with Crippen LogP contribution >= 0.6 is 11.3 Å². The Morgan fingerprint density at radius 3 is 2.63 bits per heavy atom. The second kappa shape index (κ2) is 8.73. The lowest BCUT2D eigenvalue weighted by molar-refractivity contribution is -0.153. The summed E-state index contributed by atoms with van der Waals surface area (Å²) in [5, 5.41) is 3.95. The Labute approximate surface area is 159 Å². The van der Waals surface area contributed by atoms with E-state index in [0.717, 1.165) is 30.7 Å². The Morgan fingerprint density at radius 2 is 1.93 bits per heavy atom. The number of amides is 1. The average molecular weight is 398 g/mol. The van der Waals surface area contributed by atoms with Crippen LogP contribution in [0.5, 0.6) is 5.75 Å². The van der Waals surface area contributed by atoms with E-state index in [1.807, 2.05) is 0 Å². The van der Waals surface area contributed by atoms with Gasteiger partial charge in [0.25, 0.3) is 5.91 Å². The summed E-state index contributed by atoms with van der Waals surface area (Å²) in [5.41, 5.74) is 1.64. The van der Waals surface area contributed by atoms with Crippen LogP contribution < -0.4 is 10.1 Å². The number of carbonyl (C=O) groups excluding carboxylic acids is 1. The van der Waals surface area contributed by atoms with Crippen LogP contribution in [0.4, 0.5) is 13.2 Å². The predicted octanol–water partition coefficient (Wildman–Crippen LogP) is 4.33. The second-order valence-corrected chi connectivity index (χ2v) is 7.64. The van der Waals surface area contributed by atoms with E-state index in [-0.39, 0.29) is 11.7 Å². The van der Waals surface area contributed by atoms with E-state index in [2.05, 4.69) is 15.0 Å². The molecule has 2 aromatic rings. The number of nitrogens with zero attached hydrogens (tertiary/aromatic N) is 1. The van der Waals surface area contributed by atoms with E-state index in [4.69, 9.17) is 0 Å². The van der Waals surface area contributed by atoms with E-state index in [1.165, 1.54) is 47.7 Å². The van der Waals surface area contributed by atoms with Gasteiger partial charge in [0.05, 0.1) is 10.7 Å². The fraction of sp³-hybridized carbons (Fsp3) is 0.474. The molecule has 1 amide bonds. The Kier molecular flexibility index (Phi) is 6.36. The standard InChI is InChI=1S/C19H21F3N2O2S/c20-19(21,22)12-26-14-9-7-13(8-10-14)18(25)23-11-3-6-17-24-15-4-1-2-5-16(15)27-17/h7-10H,1-6,11-12H2,(H,23,25). The Balaban J connectivity index is 1.40. The predicted molar refractivity (Wildman–Crippen MR) is 97.4 cm³/mol. The highest BCUT2D eigenvalue weighted by molar-refractivity contribution is 7.11. The van der Waals surface area contributed by atoms with Gasteiger partial charge in [-0.05, 0) is 56.4 Å². The molecule has 4 nitrogen and oxygen atoms in total. The molecule has 1 aliphatic carbocycles. The van der Waals surface area contributed by atoms with Gasteiger partial charge < -0.3 is 10.1 Å². The monoisotopic (exact) mass is 398 g/mol. The number of carbonyl (C=O) groups is 1. The molecule has 0 saturated carbocycles. The summed E-state index contributed by atoms with van der Waals surface area (Å²) in [7, 11) is 0. The number of hydrogen-bond donors (Lipinski definition) is 1. The highest BCUT2D eigenvalue weighted by Crippen LogP contribution is 2.27. The van der Waals surface area contributed by atoms with Gasteiger partial charge >= 0.3 is 6.18 Å². The molecule has 1 aromatic carbocycles. The summed E-state index contributed by atoms with van der Waals surface area (Å²) >= 11 is 1.78. The molecular weight excluding hydrogens is 377 g/mol. The van der Waals surface area contributed by atoms with E-state index in [0.29, 0.717) is 12.1 Å². The van der Waals surface area contributed by atoms with Crippen molar-refractivity contribution in [3.05, 3.63) is 45.4 Å². The lowest BCUT2D eigenvalue weighted by Crippen LogP contribution is -2.24. The largest absolute Gasteiger partial charge is 0.484 e. The molecule has 1 N–H and O–H groups in total. The molecule has 27 heavy (non-hydrogen) atoms. The summed E-state index contributed by atoms with van der Waals surface area (Å²) in [6.45, 7) is -0.825. The zero-order valence-corrected chi connectivity index (χ0v) is 15.6. The van der Waals surface area contributed by atoms with Gasteiger partial charge in [-0.15, -0.1) is 11.3 Å². The lowest BCUT2D eigenvalue weighted by Gasteiger charge is -2.09. The number of thiazole rings is 1. The first kappa shape index (κ1) is 19.7. The van der Waals surface area contributed by atoms with Crippen LogP contribution in [0.2, 0.25) is 0 Å². The van der Waals surface area contributed by atoms with E-state index in [9.17, 15) is 18.0 Å². The van der Waals surface area contributed by atoms with Crippen molar-refractivity contribution in [1.29, 1.82) is 0 Å². The Bertz CT molecular complexity index is 749. The molecule has 0 radical (unpaired) electrons. The topological polar surface area (TPSA) is 51.2 Å². The number of aryl methyl sites for hydroxylation is 3. The van der Waals surface area contributed by atoms with Gasteiger partial charge in [-0.25, -0.2) is 4.98 Å². The number of benzene rings is 1. The highest BCUT2D eigenvalue weighted by atomic mass is 32.1. The van der Waals surface area contributed by atoms with Crippen LogP contribution in [0.1, 0.15) is 45.2 Å². The van der Waals surface area contributed by atoms with Crippen molar-refractivity contribution in [2.45, 2.75) is 44.7 Å². The summed E-state index contributed by atoms with van der Waals surface area (Å²) in [4.78, 5) is 18.2. The molecule has 3 rings (SSSR count). The maximum Gasteiger partial charge on any atom is 0.422 e. The summed E-state index contributed by atoms with van der Waals surface area (Å²) in [6, 6.07) is 5.63. The van der Waals surface area contributed by atoms with Crippen LogP contribution in [0.3, 0.4) is 0 Å². The van der Waals surface area contributed by atoms with Crippen molar-refractivity contribution in [1.82, 2.24) is 10.3 Å². The number of rotatable bonds is 7. The molecule has 1 aromatic heterocycles. The third-order valence-corrected chi connectivity index (χ3v) is 5.48. The first-order valence-corrected chi connectivity index (χ1v) is 9.77. The molecule has 146 valence electrons. The zero-order chi connectivity index (χ0) is 19.3. The third-order valence-electron chi connectivity index (χ3n) is 4.26. The second-order valence-electron chi connectivity index (χ2n) is 6.47. The molecule has 0 bridgehead atoms. The van der Waals surface area contributed by atoms with Crippen molar-refractivity contribution < 1.29 is 22.7 Å². The molecule has 8 heteroatoms. The van der Waals surface area contributed by atoms with Crippen LogP contribution in [-0.4, -0.2) is 30.2 Å². The van der Waals surface area contributed by atoms with Crippen LogP contribution in [0, 0.1) is 0 Å². The maximum atomic E-state index is 12.1. The number of aromatic nitrogens is 1. The highest BCUT2D eigenvalue weighted by Gasteiger charge is 2.28. The van der Waals surface area contributed by atoms with Gasteiger partial charge in [0.15, 0.2) is 6.61 Å². The minimum atomic E-state index is -4.38. The van der Waals surface area contributed by atoms with Crippen LogP contribution in [-0.2, 0) is 19.3 Å². The van der Waals surface area contributed by atoms with Crippen LogP contribution in [0.25, 0.3) is 0 Å². The van der Waals surface area contributed by atoms with Gasteiger partial charge in [0.1, 0.15) is 5.75 Å². The number of ether oxygens (including phenoxy) is 1. The molecular formula is C19H21F3N2O2S. The van der Waals surface area contributed by atoms with Gasteiger partial charge in [-0.2, -0.15) is 13.2 Å². The molecule has 0 fully saturated rings. The minimum absolute atomic E-state index is 0.0802. The van der Waals surface area contributed by atoms with Crippen molar-refractivity contribution >= 4 is 17.2 Å². The van der Waals surface area contributed by atoms with Crippen molar-refractivity contribution in [2.24, 2.45) is 0 Å². The molecule has 0 spiro atoms. The van der Waals surface area contributed by atoms with Crippen molar-refractivity contribution in [2.75, 3.05) is 13.2 Å². The van der Waals surface area contributed by atoms with Gasteiger partial charge in [0.2, 0.25) is 0 Å². The fourth-order valence-electron chi connectivity index (χ4n) is 2.92. The summed E-state index contributed by atoms with van der Waals surface area (Å²) in [5.74, 6) is -0.174. The van der Waals surface area contributed by atoms with Gasteiger partial charge in [0, 0.05) is 23.4 Å². The van der Waals surface area contributed by atoms with Gasteiger partial charge in [-0.3, -0.25) is 4.79 Å². The molecule has 1 heterocycles. The number of fused-ring (bicyclic) bond motifs is 1. The smallest absolute Gasteiger partial charge is 0.422 e. The van der Waals surface area contributed by atoms with Gasteiger partial charge in [-0.1, -0.05) is 0 Å². The van der Waals surface area contributed by atoms with Crippen LogP contribution in [0.15, 0.2) is 24.3 Å². The van der Waals surface area contributed by atoms with Crippen molar-refractivity contribution in [3.63, 3.8) is 0 Å². The zero-order valence-electron chi connectivity index (χ0n) is 14.8. The number of halogens is 3. The maximum absolute atomic E-state index is 12.1. The quantitative estimate of drug-likeness (QED) is 0.707.